The molecule has 0 N–H and O–H groups in total. The second kappa shape index (κ2) is 8.62. The van der Waals surface area contributed by atoms with Crippen molar-refractivity contribution < 1.29 is 0 Å². The highest BCUT2D eigenvalue weighted by molar-refractivity contribution is 6.16. The largest absolute Gasteiger partial charge is 0.276 e. The molecule has 36 heavy (non-hydrogen) atoms. The van der Waals surface area contributed by atoms with Crippen molar-refractivity contribution in [3.05, 3.63) is 144 Å². The van der Waals surface area contributed by atoms with E-state index < -0.39 is 0 Å². The molecule has 1 atom stereocenters. The van der Waals surface area contributed by atoms with E-state index in [4.69, 9.17) is 4.99 Å². The van der Waals surface area contributed by atoms with Crippen LogP contribution >= 0.6 is 0 Å². The molecule has 0 radical (unpaired) electrons. The van der Waals surface area contributed by atoms with Crippen LogP contribution in [-0.2, 0) is 0 Å². The van der Waals surface area contributed by atoms with Gasteiger partial charge in [-0.1, -0.05) is 127 Å². The lowest BCUT2D eigenvalue weighted by atomic mass is 9.83. The van der Waals surface area contributed by atoms with Crippen LogP contribution in [0.5, 0.6) is 0 Å². The predicted octanol–water partition coefficient (Wildman–Crippen LogP) is 7.87. The zero-order chi connectivity index (χ0) is 23.9. The summed E-state index contributed by atoms with van der Waals surface area (Å²) in [5, 5.41) is 7.45. The van der Waals surface area contributed by atoms with E-state index in [9.17, 15) is 0 Å². The number of hydrogen-bond donors (Lipinski definition) is 0. The van der Waals surface area contributed by atoms with Crippen molar-refractivity contribution in [1.82, 2.24) is 0 Å². The van der Waals surface area contributed by atoms with E-state index in [2.05, 4.69) is 133 Å². The highest BCUT2D eigenvalue weighted by Crippen LogP contribution is 2.45. The standard InChI is InChI=1S/C35H25N/c1-2-12-24(13-3-1)26-15-5-6-16-27(26)34-28-17-7-9-19-30(28)35(31-20-10-8-18-29(31)34)33-23-22-25-14-4-11-21-32(25)36-33/h1-22,33H,23H2. The third-order valence-electron chi connectivity index (χ3n) is 7.38. The summed E-state index contributed by atoms with van der Waals surface area (Å²) in [6.45, 7) is 0. The maximum atomic E-state index is 5.25. The molecule has 1 aliphatic rings. The number of fused-ring (bicyclic) bond motifs is 3. The molecule has 0 saturated heterocycles. The molecular weight excluding hydrogens is 434 g/mol. The lowest BCUT2D eigenvalue weighted by Gasteiger charge is -2.23. The van der Waals surface area contributed by atoms with E-state index in [0.717, 1.165) is 11.8 Å². The molecule has 1 unspecified atom stereocenters. The molecule has 0 spiro atoms. The van der Waals surface area contributed by atoms with Gasteiger partial charge in [-0.25, -0.2) is 0 Å². The van der Waals surface area contributed by atoms with Crippen LogP contribution in [0.25, 0.3) is 49.9 Å². The van der Waals surface area contributed by atoms with Crippen LogP contribution in [0.2, 0.25) is 0 Å². The van der Waals surface area contributed by atoms with E-state index in [0.29, 0.717) is 0 Å². The van der Waals surface area contributed by atoms with Crippen molar-refractivity contribution in [2.75, 3.05) is 0 Å². The molecule has 7 rings (SSSR count). The van der Waals surface area contributed by atoms with Gasteiger partial charge in [0.1, 0.15) is 0 Å². The van der Waals surface area contributed by atoms with Crippen molar-refractivity contribution in [2.45, 2.75) is 12.5 Å². The lowest BCUT2D eigenvalue weighted by Crippen LogP contribution is -2.28. The molecule has 6 aromatic carbocycles. The van der Waals surface area contributed by atoms with E-state index in [1.54, 1.807) is 0 Å². The van der Waals surface area contributed by atoms with Crippen LogP contribution in [0.3, 0.4) is 0 Å². The molecule has 0 fully saturated rings. The maximum absolute atomic E-state index is 5.25. The fourth-order valence-electron chi connectivity index (χ4n) is 5.80. The van der Waals surface area contributed by atoms with Gasteiger partial charge in [-0.15, -0.1) is 0 Å². The molecule has 0 aromatic heterocycles. The van der Waals surface area contributed by atoms with Gasteiger partial charge >= 0.3 is 0 Å². The minimum absolute atomic E-state index is 0.0908. The zero-order valence-electron chi connectivity index (χ0n) is 19.9. The molecule has 170 valence electrons. The van der Waals surface area contributed by atoms with Crippen molar-refractivity contribution in [1.29, 1.82) is 0 Å². The summed E-state index contributed by atoms with van der Waals surface area (Å²) in [6, 6.07) is 45.8. The molecule has 0 amide bonds. The second-order valence-electron chi connectivity index (χ2n) is 9.43. The van der Waals surface area contributed by atoms with Crippen LogP contribution < -0.4 is 10.6 Å². The Kier molecular flexibility index (Phi) is 4.99. The molecule has 0 saturated carbocycles. The number of hydrogen-bond acceptors (Lipinski definition) is 1. The quantitative estimate of drug-likeness (QED) is 0.239. The lowest BCUT2D eigenvalue weighted by molar-refractivity contribution is 0.734. The monoisotopic (exact) mass is 459 g/mol. The fourth-order valence-corrected chi connectivity index (χ4v) is 5.80. The Bertz CT molecular complexity index is 1810. The topological polar surface area (TPSA) is 12.4 Å². The minimum Gasteiger partial charge on any atom is -0.276 e. The van der Waals surface area contributed by atoms with Gasteiger partial charge in [-0.2, -0.15) is 0 Å². The molecule has 1 heteroatoms. The SMILES string of the molecule is C1=c2ccccc2=NC(c2c3ccccc3c(-c3ccccc3-c3ccccc3)c3ccccc23)C1. The van der Waals surface area contributed by atoms with Gasteiger partial charge in [0.15, 0.2) is 0 Å². The number of para-hydroxylation sites is 1. The fraction of sp³-hybridized carbons (Fsp3) is 0.0571. The Labute approximate surface area is 210 Å². The average Bonchev–Trinajstić information content (AvgIpc) is 2.96. The van der Waals surface area contributed by atoms with Gasteiger partial charge in [0.05, 0.1) is 11.4 Å². The van der Waals surface area contributed by atoms with Gasteiger partial charge in [-0.3, -0.25) is 4.99 Å². The molecule has 1 heterocycles. The number of rotatable bonds is 3. The molecule has 6 aromatic rings. The summed E-state index contributed by atoms with van der Waals surface area (Å²) >= 11 is 0. The van der Waals surface area contributed by atoms with Crippen LogP contribution in [0.4, 0.5) is 0 Å². The zero-order valence-corrected chi connectivity index (χ0v) is 19.9. The Morgan fingerprint density at radius 2 is 1.06 bits per heavy atom. The Hall–Kier alpha value is -4.49. The van der Waals surface area contributed by atoms with Gasteiger partial charge in [-0.05, 0) is 67.1 Å². The van der Waals surface area contributed by atoms with Crippen molar-refractivity contribution >= 4 is 27.6 Å². The van der Waals surface area contributed by atoms with Crippen molar-refractivity contribution in [3.63, 3.8) is 0 Å². The normalized spacial score (nSPS) is 14.7. The molecular formula is C35H25N. The first-order chi connectivity index (χ1) is 17.9. The van der Waals surface area contributed by atoms with Crippen LogP contribution in [0, 0.1) is 0 Å². The summed E-state index contributed by atoms with van der Waals surface area (Å²) < 4.78 is 0. The van der Waals surface area contributed by atoms with E-state index in [-0.39, 0.29) is 6.04 Å². The van der Waals surface area contributed by atoms with Gasteiger partial charge in [0.2, 0.25) is 0 Å². The Balaban J connectivity index is 1.57. The maximum Gasteiger partial charge on any atom is 0.0803 e. The summed E-state index contributed by atoms with van der Waals surface area (Å²) in [7, 11) is 0. The van der Waals surface area contributed by atoms with Gasteiger partial charge < -0.3 is 0 Å². The first kappa shape index (κ1) is 20.8. The summed E-state index contributed by atoms with van der Waals surface area (Å²) in [5.41, 5.74) is 6.38. The van der Waals surface area contributed by atoms with Gasteiger partial charge in [0.25, 0.3) is 0 Å². The molecule has 0 aliphatic carbocycles. The van der Waals surface area contributed by atoms with Crippen LogP contribution in [0.15, 0.2) is 132 Å². The van der Waals surface area contributed by atoms with Gasteiger partial charge in [0, 0.05) is 0 Å². The van der Waals surface area contributed by atoms with E-state index in [1.165, 1.54) is 54.6 Å². The summed E-state index contributed by atoms with van der Waals surface area (Å²) in [5.74, 6) is 0. The second-order valence-corrected chi connectivity index (χ2v) is 9.43. The van der Waals surface area contributed by atoms with Crippen molar-refractivity contribution in [3.8, 4) is 22.3 Å². The Morgan fingerprint density at radius 1 is 0.500 bits per heavy atom. The first-order valence-corrected chi connectivity index (χ1v) is 12.6. The minimum atomic E-state index is 0.0908. The predicted molar refractivity (Wildman–Crippen MR) is 151 cm³/mol. The van der Waals surface area contributed by atoms with E-state index in [1.807, 2.05) is 0 Å². The smallest absolute Gasteiger partial charge is 0.0803 e. The first-order valence-electron chi connectivity index (χ1n) is 12.6. The number of benzene rings is 6. The molecule has 1 nitrogen and oxygen atoms in total. The molecule has 0 bridgehead atoms. The highest BCUT2D eigenvalue weighted by atomic mass is 14.8. The molecule has 1 aliphatic heterocycles. The Morgan fingerprint density at radius 3 is 1.78 bits per heavy atom. The third kappa shape index (κ3) is 3.36. The van der Waals surface area contributed by atoms with E-state index >= 15 is 0 Å². The summed E-state index contributed by atoms with van der Waals surface area (Å²) in [4.78, 5) is 5.25. The number of nitrogens with zero attached hydrogens (tertiary/aromatic N) is 1. The average molecular weight is 460 g/mol. The van der Waals surface area contributed by atoms with Crippen LogP contribution in [-0.4, -0.2) is 0 Å². The van der Waals surface area contributed by atoms with Crippen LogP contribution in [0.1, 0.15) is 18.0 Å². The third-order valence-corrected chi connectivity index (χ3v) is 7.38. The van der Waals surface area contributed by atoms with Crippen molar-refractivity contribution in [2.24, 2.45) is 4.99 Å². The highest BCUT2D eigenvalue weighted by Gasteiger charge is 2.22. The summed E-state index contributed by atoms with van der Waals surface area (Å²) in [6.07, 6.45) is 3.25.